The van der Waals surface area contributed by atoms with Gasteiger partial charge in [-0.05, 0) is 12.3 Å². The van der Waals surface area contributed by atoms with Crippen molar-refractivity contribution in [3.63, 3.8) is 0 Å². The van der Waals surface area contributed by atoms with Gasteiger partial charge in [0.25, 0.3) is 0 Å². The Bertz CT molecular complexity index is 135. The van der Waals surface area contributed by atoms with Crippen LogP contribution in [0.25, 0.3) is 0 Å². The van der Waals surface area contributed by atoms with Crippen molar-refractivity contribution in [3.8, 4) is 0 Å². The van der Waals surface area contributed by atoms with Gasteiger partial charge < -0.3 is 0 Å². The predicted octanol–water partition coefficient (Wildman–Crippen LogP) is 2.49. The lowest BCUT2D eigenvalue weighted by Crippen LogP contribution is -2.17. The number of hydrogen-bond donors (Lipinski definition) is 2. The average molecular weight is 187 g/mol. The van der Waals surface area contributed by atoms with Crippen LogP contribution in [0.4, 0.5) is 0 Å². The van der Waals surface area contributed by atoms with E-state index >= 15 is 0 Å². The van der Waals surface area contributed by atoms with Crippen molar-refractivity contribution in [2.24, 2.45) is 5.92 Å². The van der Waals surface area contributed by atoms with E-state index in [1.54, 1.807) is 5.48 Å². The maximum atomic E-state index is 10.6. The Hall–Kier alpha value is -0.570. The highest BCUT2D eigenvalue weighted by Gasteiger charge is 1.98. The van der Waals surface area contributed by atoms with Crippen LogP contribution in [0.15, 0.2) is 0 Å². The molecule has 0 rings (SSSR count). The molecular formula is C10H21NO2. The van der Waals surface area contributed by atoms with E-state index in [1.165, 1.54) is 19.3 Å². The van der Waals surface area contributed by atoms with Crippen LogP contribution in [-0.4, -0.2) is 11.1 Å². The summed E-state index contributed by atoms with van der Waals surface area (Å²) in [4.78, 5) is 10.6. The van der Waals surface area contributed by atoms with E-state index in [0.717, 1.165) is 18.8 Å². The lowest BCUT2D eigenvalue weighted by Gasteiger charge is -2.03. The minimum Gasteiger partial charge on any atom is -0.289 e. The quantitative estimate of drug-likeness (QED) is 0.365. The molecule has 0 atom stereocenters. The van der Waals surface area contributed by atoms with E-state index in [1.807, 2.05) is 0 Å². The highest BCUT2D eigenvalue weighted by atomic mass is 16.5. The molecule has 0 bridgehead atoms. The largest absolute Gasteiger partial charge is 0.289 e. The first-order valence-electron chi connectivity index (χ1n) is 5.09. The van der Waals surface area contributed by atoms with Gasteiger partial charge in [0.2, 0.25) is 5.91 Å². The van der Waals surface area contributed by atoms with Crippen LogP contribution in [0.1, 0.15) is 52.4 Å². The molecule has 2 N–H and O–H groups in total. The molecule has 0 unspecified atom stereocenters. The topological polar surface area (TPSA) is 49.3 Å². The van der Waals surface area contributed by atoms with E-state index in [2.05, 4.69) is 13.8 Å². The maximum absolute atomic E-state index is 10.6. The van der Waals surface area contributed by atoms with Gasteiger partial charge in [0.05, 0.1) is 0 Å². The Kier molecular flexibility index (Phi) is 7.69. The van der Waals surface area contributed by atoms with E-state index in [-0.39, 0.29) is 5.91 Å². The van der Waals surface area contributed by atoms with Crippen molar-refractivity contribution in [1.82, 2.24) is 5.48 Å². The van der Waals surface area contributed by atoms with Crippen LogP contribution < -0.4 is 5.48 Å². The predicted molar refractivity (Wildman–Crippen MR) is 52.5 cm³/mol. The number of carbonyl (C=O) groups is 1. The number of carbonyl (C=O) groups excluding carboxylic acids is 1. The van der Waals surface area contributed by atoms with Crippen molar-refractivity contribution in [1.29, 1.82) is 0 Å². The fourth-order valence-corrected chi connectivity index (χ4v) is 1.25. The number of amides is 1. The smallest absolute Gasteiger partial charge is 0.243 e. The summed E-state index contributed by atoms with van der Waals surface area (Å²) in [6, 6.07) is 0. The molecule has 3 heteroatoms. The van der Waals surface area contributed by atoms with Gasteiger partial charge in [-0.2, -0.15) is 0 Å². The van der Waals surface area contributed by atoms with Crippen LogP contribution in [0, 0.1) is 5.92 Å². The van der Waals surface area contributed by atoms with Crippen LogP contribution in [0.5, 0.6) is 0 Å². The molecule has 0 aromatic carbocycles. The van der Waals surface area contributed by atoms with Gasteiger partial charge >= 0.3 is 0 Å². The first-order chi connectivity index (χ1) is 6.16. The molecule has 1 amide bonds. The van der Waals surface area contributed by atoms with Crippen molar-refractivity contribution < 1.29 is 10.0 Å². The molecular weight excluding hydrogens is 166 g/mol. The first kappa shape index (κ1) is 12.4. The molecule has 0 saturated heterocycles. The molecule has 3 nitrogen and oxygen atoms in total. The zero-order valence-corrected chi connectivity index (χ0v) is 8.68. The SMILES string of the molecule is CC(C)CCCCCCC(=O)NO. The number of hydroxylamine groups is 1. The maximum Gasteiger partial charge on any atom is 0.243 e. The fraction of sp³-hybridized carbons (Fsp3) is 0.900. The summed E-state index contributed by atoms with van der Waals surface area (Å²) in [5, 5.41) is 8.21. The Morgan fingerprint density at radius 1 is 1.23 bits per heavy atom. The lowest BCUT2D eigenvalue weighted by atomic mass is 10.0. The Morgan fingerprint density at radius 2 is 1.85 bits per heavy atom. The van der Waals surface area contributed by atoms with Gasteiger partial charge in [-0.1, -0.05) is 39.5 Å². The number of hydrogen-bond acceptors (Lipinski definition) is 2. The zero-order chi connectivity index (χ0) is 10.1. The normalized spacial score (nSPS) is 10.5. The molecule has 0 aliphatic carbocycles. The van der Waals surface area contributed by atoms with E-state index in [4.69, 9.17) is 5.21 Å². The molecule has 0 aromatic heterocycles. The summed E-state index contributed by atoms with van der Waals surface area (Å²) < 4.78 is 0. The van der Waals surface area contributed by atoms with Crippen molar-refractivity contribution in [2.75, 3.05) is 0 Å². The van der Waals surface area contributed by atoms with Gasteiger partial charge in [0.1, 0.15) is 0 Å². The van der Waals surface area contributed by atoms with Crippen molar-refractivity contribution in [3.05, 3.63) is 0 Å². The Morgan fingerprint density at radius 3 is 2.38 bits per heavy atom. The summed E-state index contributed by atoms with van der Waals surface area (Å²) in [6.07, 6.45) is 6.12. The minimum absolute atomic E-state index is 0.274. The molecule has 0 aliphatic rings. The third kappa shape index (κ3) is 9.34. The molecule has 0 saturated carbocycles. The monoisotopic (exact) mass is 187 g/mol. The Labute approximate surface area is 80.5 Å². The van der Waals surface area contributed by atoms with Crippen LogP contribution in [0.3, 0.4) is 0 Å². The van der Waals surface area contributed by atoms with Gasteiger partial charge in [-0.3, -0.25) is 10.0 Å². The highest BCUT2D eigenvalue weighted by molar-refractivity contribution is 5.74. The van der Waals surface area contributed by atoms with Crippen LogP contribution >= 0.6 is 0 Å². The minimum atomic E-state index is -0.274. The second-order valence-electron chi connectivity index (χ2n) is 3.88. The second kappa shape index (κ2) is 8.05. The van der Waals surface area contributed by atoms with Gasteiger partial charge in [-0.15, -0.1) is 0 Å². The summed E-state index contributed by atoms with van der Waals surface area (Å²) in [5.41, 5.74) is 1.64. The van der Waals surface area contributed by atoms with E-state index < -0.39 is 0 Å². The van der Waals surface area contributed by atoms with Gasteiger partial charge in [0.15, 0.2) is 0 Å². The molecule has 0 spiro atoms. The van der Waals surface area contributed by atoms with E-state index in [0.29, 0.717) is 6.42 Å². The zero-order valence-electron chi connectivity index (χ0n) is 8.68. The number of rotatable bonds is 7. The molecule has 0 aromatic rings. The number of unbranched alkanes of at least 4 members (excludes halogenated alkanes) is 3. The molecule has 78 valence electrons. The second-order valence-corrected chi connectivity index (χ2v) is 3.88. The molecule has 0 heterocycles. The first-order valence-corrected chi connectivity index (χ1v) is 5.09. The van der Waals surface area contributed by atoms with E-state index in [9.17, 15) is 4.79 Å². The van der Waals surface area contributed by atoms with Crippen molar-refractivity contribution in [2.45, 2.75) is 52.4 Å². The third-order valence-electron chi connectivity index (χ3n) is 2.06. The summed E-state index contributed by atoms with van der Waals surface area (Å²) >= 11 is 0. The molecule has 0 radical (unpaired) electrons. The average Bonchev–Trinajstić information content (AvgIpc) is 2.10. The van der Waals surface area contributed by atoms with Crippen LogP contribution in [0.2, 0.25) is 0 Å². The molecule has 0 fully saturated rings. The Balaban J connectivity index is 3.04. The van der Waals surface area contributed by atoms with Gasteiger partial charge in [-0.25, -0.2) is 5.48 Å². The molecule has 13 heavy (non-hydrogen) atoms. The summed E-state index contributed by atoms with van der Waals surface area (Å²) in [5.74, 6) is 0.504. The molecule has 0 aliphatic heterocycles. The standard InChI is InChI=1S/C10H21NO2/c1-9(2)7-5-3-4-6-8-10(12)11-13/h9,13H,3-8H2,1-2H3,(H,11,12). The summed E-state index contributed by atoms with van der Waals surface area (Å²) in [6.45, 7) is 4.44. The highest BCUT2D eigenvalue weighted by Crippen LogP contribution is 2.10. The fourth-order valence-electron chi connectivity index (χ4n) is 1.25. The third-order valence-corrected chi connectivity index (χ3v) is 2.06. The lowest BCUT2D eigenvalue weighted by molar-refractivity contribution is -0.129. The number of nitrogens with one attached hydrogen (secondary N) is 1. The van der Waals surface area contributed by atoms with Gasteiger partial charge in [0, 0.05) is 6.42 Å². The summed E-state index contributed by atoms with van der Waals surface area (Å²) in [7, 11) is 0. The van der Waals surface area contributed by atoms with Crippen LogP contribution in [-0.2, 0) is 4.79 Å². The van der Waals surface area contributed by atoms with Crippen molar-refractivity contribution >= 4 is 5.91 Å².